The molecule has 0 spiro atoms. The second-order valence-corrected chi connectivity index (χ2v) is 5.08. The van der Waals surface area contributed by atoms with E-state index >= 15 is 0 Å². The summed E-state index contributed by atoms with van der Waals surface area (Å²) in [7, 11) is 1.59. The Hall–Kier alpha value is -1.29. The van der Waals surface area contributed by atoms with E-state index in [1.807, 2.05) is 31.2 Å². The summed E-state index contributed by atoms with van der Waals surface area (Å²) in [4.78, 5) is 8.56. The van der Waals surface area contributed by atoms with Gasteiger partial charge in [0.2, 0.25) is 0 Å². The minimum atomic E-state index is -0.375. The Morgan fingerprint density at radius 2 is 1.87 bits per heavy atom. The Balaban J connectivity index is 0.000000522. The molecule has 23 heavy (non-hydrogen) atoms. The Morgan fingerprint density at radius 3 is 2.30 bits per heavy atom. The van der Waals surface area contributed by atoms with Crippen molar-refractivity contribution in [1.82, 2.24) is 9.97 Å². The molecule has 1 aromatic carbocycles. The number of aliphatic hydroxyl groups excluding tert-OH is 2. The number of aromatic nitrogens is 2. The van der Waals surface area contributed by atoms with Gasteiger partial charge in [-0.3, -0.25) is 4.98 Å². The molecule has 0 fully saturated rings. The summed E-state index contributed by atoms with van der Waals surface area (Å²) < 4.78 is 5.19. The molecule has 130 valence electrons. The molecule has 2 N–H and O–H groups in total. The first-order valence-electron chi connectivity index (χ1n) is 7.15. The van der Waals surface area contributed by atoms with Crippen LogP contribution in [-0.4, -0.2) is 39.5 Å². The second-order valence-electron chi connectivity index (χ2n) is 5.08. The van der Waals surface area contributed by atoms with Gasteiger partial charge in [-0.25, -0.2) is 4.98 Å². The van der Waals surface area contributed by atoms with E-state index in [9.17, 15) is 0 Å². The van der Waals surface area contributed by atoms with Crippen molar-refractivity contribution in [2.45, 2.75) is 39.4 Å². The molecular formula is C17H23N2O3Pt-. The predicted octanol–water partition coefficient (Wildman–Crippen LogP) is 2.40. The number of rotatable bonds is 4. The normalized spacial score (nSPS) is 12.3. The van der Waals surface area contributed by atoms with Gasteiger partial charge in [-0.05, 0) is 27.2 Å². The maximum atomic E-state index is 8.56. The summed E-state index contributed by atoms with van der Waals surface area (Å²) in [5.74, 6) is 0.539. The SMILES string of the molecule is CC(O)CC(C)O.COc1nc(C)cnc1-c1[c-]cccc1.[Pt]. The molecule has 0 aliphatic carbocycles. The molecule has 2 unspecified atom stereocenters. The topological polar surface area (TPSA) is 75.5 Å². The standard InChI is InChI=1S/C12H11N2O.C5H12O2.Pt/c1-9-8-13-11(12(14-9)15-2)10-6-4-3-5-7-10;1-4(6)3-5(2)7;/h3-6,8H,1-2H3;4-7H,3H2,1-2H3;/q-1;;. The van der Waals surface area contributed by atoms with Gasteiger partial charge in [0.1, 0.15) is 0 Å². The Kier molecular flexibility index (Phi) is 10.6. The van der Waals surface area contributed by atoms with Crippen LogP contribution in [0.4, 0.5) is 0 Å². The van der Waals surface area contributed by atoms with Gasteiger partial charge >= 0.3 is 0 Å². The van der Waals surface area contributed by atoms with Gasteiger partial charge < -0.3 is 14.9 Å². The maximum Gasteiger partial charge on any atom is 0.194 e. The third-order valence-corrected chi connectivity index (χ3v) is 2.70. The van der Waals surface area contributed by atoms with Crippen LogP contribution in [0.1, 0.15) is 26.0 Å². The van der Waals surface area contributed by atoms with Crippen molar-refractivity contribution in [3.05, 3.63) is 42.2 Å². The molecule has 0 saturated heterocycles. The van der Waals surface area contributed by atoms with Gasteiger partial charge in [0, 0.05) is 33.0 Å². The Labute approximate surface area is 152 Å². The van der Waals surface area contributed by atoms with E-state index in [-0.39, 0.29) is 33.3 Å². The van der Waals surface area contributed by atoms with E-state index in [1.54, 1.807) is 27.2 Å². The molecular weight excluding hydrogens is 475 g/mol. The number of nitrogens with zero attached hydrogens (tertiary/aromatic N) is 2. The van der Waals surface area contributed by atoms with Crippen LogP contribution in [0.25, 0.3) is 11.3 Å². The van der Waals surface area contributed by atoms with E-state index in [4.69, 9.17) is 14.9 Å². The molecule has 0 amide bonds. The van der Waals surface area contributed by atoms with E-state index in [0.29, 0.717) is 12.3 Å². The van der Waals surface area contributed by atoms with Crippen molar-refractivity contribution >= 4 is 0 Å². The summed E-state index contributed by atoms with van der Waals surface area (Å²) in [5, 5.41) is 17.1. The average Bonchev–Trinajstić information content (AvgIpc) is 2.47. The first-order valence-corrected chi connectivity index (χ1v) is 7.15. The Bertz CT molecular complexity index is 557. The van der Waals surface area contributed by atoms with Crippen molar-refractivity contribution in [3.8, 4) is 17.1 Å². The average molecular weight is 498 g/mol. The van der Waals surface area contributed by atoms with Crippen molar-refractivity contribution in [2.75, 3.05) is 7.11 Å². The minimum Gasteiger partial charge on any atom is -0.486 e. The van der Waals surface area contributed by atoms with Crippen LogP contribution >= 0.6 is 0 Å². The van der Waals surface area contributed by atoms with Crippen LogP contribution in [0.3, 0.4) is 0 Å². The second kappa shape index (κ2) is 11.3. The number of ether oxygens (including phenoxy) is 1. The van der Waals surface area contributed by atoms with Crippen molar-refractivity contribution in [1.29, 1.82) is 0 Å². The van der Waals surface area contributed by atoms with Crippen molar-refractivity contribution in [3.63, 3.8) is 0 Å². The van der Waals surface area contributed by atoms with Crippen LogP contribution in [0.2, 0.25) is 0 Å². The molecule has 6 heteroatoms. The minimum absolute atomic E-state index is 0. The van der Waals surface area contributed by atoms with Crippen molar-refractivity contribution < 1.29 is 36.0 Å². The third kappa shape index (κ3) is 8.21. The smallest absolute Gasteiger partial charge is 0.194 e. The molecule has 2 atom stereocenters. The molecule has 0 bridgehead atoms. The van der Waals surface area contributed by atoms with E-state index in [2.05, 4.69) is 16.0 Å². The van der Waals surface area contributed by atoms with Crippen LogP contribution in [0.15, 0.2) is 30.5 Å². The summed E-state index contributed by atoms with van der Waals surface area (Å²) >= 11 is 0. The molecule has 0 aliphatic heterocycles. The zero-order valence-corrected chi connectivity index (χ0v) is 16.0. The van der Waals surface area contributed by atoms with Gasteiger partial charge in [-0.2, -0.15) is 0 Å². The molecule has 0 aliphatic rings. The third-order valence-electron chi connectivity index (χ3n) is 2.70. The molecule has 5 nitrogen and oxygen atoms in total. The number of aliphatic hydroxyl groups is 2. The number of hydrogen-bond acceptors (Lipinski definition) is 5. The number of methoxy groups -OCH3 is 1. The van der Waals surface area contributed by atoms with Gasteiger partial charge in [0.25, 0.3) is 0 Å². The van der Waals surface area contributed by atoms with Gasteiger partial charge in [-0.15, -0.1) is 35.9 Å². The van der Waals surface area contributed by atoms with Crippen molar-refractivity contribution in [2.24, 2.45) is 0 Å². The monoisotopic (exact) mass is 498 g/mol. The van der Waals surface area contributed by atoms with Crippen LogP contribution in [0.5, 0.6) is 5.88 Å². The van der Waals surface area contributed by atoms with E-state index < -0.39 is 0 Å². The number of hydrogen-bond donors (Lipinski definition) is 2. The molecule has 0 radical (unpaired) electrons. The summed E-state index contributed by atoms with van der Waals surface area (Å²) in [6.45, 7) is 5.20. The number of benzene rings is 1. The molecule has 1 aromatic heterocycles. The van der Waals surface area contributed by atoms with Gasteiger partial charge in [-0.1, -0.05) is 0 Å². The fourth-order valence-electron chi connectivity index (χ4n) is 1.82. The summed E-state index contributed by atoms with van der Waals surface area (Å²) in [5.41, 5.74) is 2.46. The van der Waals surface area contributed by atoms with Crippen LogP contribution in [-0.2, 0) is 21.1 Å². The predicted molar refractivity (Wildman–Crippen MR) is 85.6 cm³/mol. The summed E-state index contributed by atoms with van der Waals surface area (Å²) in [6, 6.07) is 10.7. The fourth-order valence-corrected chi connectivity index (χ4v) is 1.82. The molecule has 2 aromatic rings. The summed E-state index contributed by atoms with van der Waals surface area (Å²) in [6.07, 6.45) is 1.44. The van der Waals surface area contributed by atoms with Gasteiger partial charge in [0.05, 0.1) is 25.0 Å². The van der Waals surface area contributed by atoms with Crippen LogP contribution < -0.4 is 4.74 Å². The zero-order chi connectivity index (χ0) is 16.5. The molecule has 1 heterocycles. The van der Waals surface area contributed by atoms with Gasteiger partial charge in [0.15, 0.2) is 5.88 Å². The Morgan fingerprint density at radius 1 is 1.22 bits per heavy atom. The number of aryl methyl sites for hydroxylation is 1. The van der Waals surface area contributed by atoms with E-state index in [1.165, 1.54) is 0 Å². The fraction of sp³-hybridized carbons (Fsp3) is 0.412. The maximum absolute atomic E-state index is 8.56. The molecule has 2 rings (SSSR count). The largest absolute Gasteiger partial charge is 0.486 e. The van der Waals surface area contributed by atoms with Crippen LogP contribution in [0, 0.1) is 13.0 Å². The first-order chi connectivity index (χ1) is 10.4. The quantitative estimate of drug-likeness (QED) is 0.634. The molecule has 0 saturated carbocycles. The van der Waals surface area contributed by atoms with E-state index in [0.717, 1.165) is 17.0 Å². The zero-order valence-electron chi connectivity index (χ0n) is 13.8. The first kappa shape index (κ1) is 21.7.